The molecule has 0 atom stereocenters. The van der Waals surface area contributed by atoms with Crippen molar-refractivity contribution < 1.29 is 14.3 Å². The summed E-state index contributed by atoms with van der Waals surface area (Å²) in [5.41, 5.74) is 0. The van der Waals surface area contributed by atoms with Crippen LogP contribution in [0.25, 0.3) is 0 Å². The van der Waals surface area contributed by atoms with Crippen molar-refractivity contribution in [3.8, 4) is 0 Å². The molecule has 0 rings (SSSR count). The van der Waals surface area contributed by atoms with Crippen molar-refractivity contribution in [3.63, 3.8) is 0 Å². The zero-order valence-electron chi connectivity index (χ0n) is 5.59. The molecule has 0 aliphatic rings. The number of ether oxygens (including phenoxy) is 2. The predicted molar refractivity (Wildman–Crippen MR) is 32.9 cm³/mol. The number of hydrogen-bond acceptors (Lipinski definition) is 3. The van der Waals surface area contributed by atoms with Gasteiger partial charge in [-0.2, -0.15) is 0 Å². The molecule has 0 aromatic carbocycles. The van der Waals surface area contributed by atoms with E-state index in [1.807, 2.05) is 6.92 Å². The first-order chi connectivity index (χ1) is 4.31. The fourth-order valence-corrected chi connectivity index (χ4v) is 0.248. The van der Waals surface area contributed by atoms with Crippen LogP contribution in [0.5, 0.6) is 0 Å². The number of methoxy groups -OCH3 is 1. The summed E-state index contributed by atoms with van der Waals surface area (Å²) in [5, 5.41) is 0. The second-order valence-corrected chi connectivity index (χ2v) is 1.35. The predicted octanol–water partition coefficient (Wildman–Crippen LogP) is 1.69. The van der Waals surface area contributed by atoms with Crippen LogP contribution in [0.15, 0.2) is 12.3 Å². The van der Waals surface area contributed by atoms with Gasteiger partial charge in [-0.3, -0.25) is 0 Å². The molecule has 0 amide bonds. The van der Waals surface area contributed by atoms with Crippen molar-refractivity contribution in [1.29, 1.82) is 0 Å². The Hall–Kier alpha value is -0.990. The Balaban J connectivity index is 3.26. The van der Waals surface area contributed by atoms with Crippen molar-refractivity contribution in [2.75, 3.05) is 7.11 Å². The minimum absolute atomic E-state index is 0.681. The number of carbonyl (C=O) groups excluding carboxylic acids is 1. The van der Waals surface area contributed by atoms with E-state index in [1.165, 1.54) is 13.4 Å². The lowest BCUT2D eigenvalue weighted by Crippen LogP contribution is -1.97. The quantitative estimate of drug-likeness (QED) is 0.421. The zero-order chi connectivity index (χ0) is 7.11. The molecule has 3 heteroatoms. The molecular formula is C6H10O3. The Morgan fingerprint density at radius 3 is 2.78 bits per heavy atom. The van der Waals surface area contributed by atoms with Gasteiger partial charge in [0.2, 0.25) is 0 Å². The van der Waals surface area contributed by atoms with Gasteiger partial charge in [0.25, 0.3) is 0 Å². The fraction of sp³-hybridized carbons (Fsp3) is 0.500. The van der Waals surface area contributed by atoms with E-state index in [4.69, 9.17) is 0 Å². The van der Waals surface area contributed by atoms with Crippen LogP contribution in [-0.2, 0) is 9.47 Å². The molecule has 0 spiro atoms. The maximum atomic E-state index is 10.2. The molecule has 0 bridgehead atoms. The monoisotopic (exact) mass is 130 g/mol. The summed E-state index contributed by atoms with van der Waals surface area (Å²) in [6.07, 6.45) is 3.19. The molecule has 0 N–H and O–H groups in total. The highest BCUT2D eigenvalue weighted by Gasteiger charge is 1.92. The molecule has 0 unspecified atom stereocenters. The first kappa shape index (κ1) is 8.01. The van der Waals surface area contributed by atoms with Crippen LogP contribution in [0.1, 0.15) is 13.3 Å². The maximum absolute atomic E-state index is 10.2. The number of hydrogen-bond donors (Lipinski definition) is 0. The number of rotatable bonds is 2. The average molecular weight is 130 g/mol. The summed E-state index contributed by atoms with van der Waals surface area (Å²) in [4.78, 5) is 10.2. The van der Waals surface area contributed by atoms with Gasteiger partial charge in [0.15, 0.2) is 0 Å². The van der Waals surface area contributed by atoms with Gasteiger partial charge in [-0.05, 0) is 12.5 Å². The van der Waals surface area contributed by atoms with E-state index in [1.54, 1.807) is 6.08 Å². The van der Waals surface area contributed by atoms with Gasteiger partial charge >= 0.3 is 6.16 Å². The number of carbonyl (C=O) groups is 1. The van der Waals surface area contributed by atoms with E-state index >= 15 is 0 Å². The second-order valence-electron chi connectivity index (χ2n) is 1.35. The highest BCUT2D eigenvalue weighted by atomic mass is 16.7. The van der Waals surface area contributed by atoms with E-state index in [9.17, 15) is 4.79 Å². The van der Waals surface area contributed by atoms with Crippen LogP contribution >= 0.6 is 0 Å². The number of allylic oxidation sites excluding steroid dienone is 1. The summed E-state index contributed by atoms with van der Waals surface area (Å²) in [7, 11) is 1.27. The van der Waals surface area contributed by atoms with Crippen molar-refractivity contribution >= 4 is 6.16 Å². The molecule has 0 saturated heterocycles. The van der Waals surface area contributed by atoms with E-state index in [0.717, 1.165) is 6.42 Å². The van der Waals surface area contributed by atoms with Crippen LogP contribution in [0.2, 0.25) is 0 Å². The summed E-state index contributed by atoms with van der Waals surface area (Å²) in [6.45, 7) is 1.94. The molecule has 0 heterocycles. The van der Waals surface area contributed by atoms with Crippen molar-refractivity contribution in [1.82, 2.24) is 0 Å². The summed E-state index contributed by atoms with van der Waals surface area (Å²) in [6, 6.07) is 0. The SMILES string of the molecule is CC/C=C/OC(=O)OC. The van der Waals surface area contributed by atoms with Gasteiger partial charge in [-0.1, -0.05) is 6.92 Å². The van der Waals surface area contributed by atoms with Crippen molar-refractivity contribution in [2.45, 2.75) is 13.3 Å². The minimum Gasteiger partial charge on any atom is -0.437 e. The first-order valence-electron chi connectivity index (χ1n) is 2.71. The van der Waals surface area contributed by atoms with Crippen LogP contribution < -0.4 is 0 Å². The van der Waals surface area contributed by atoms with Crippen LogP contribution in [0, 0.1) is 0 Å². The zero-order valence-corrected chi connectivity index (χ0v) is 5.59. The van der Waals surface area contributed by atoms with E-state index in [2.05, 4.69) is 9.47 Å². The molecule has 0 aliphatic carbocycles. The molecule has 0 aliphatic heterocycles. The topological polar surface area (TPSA) is 35.5 Å². The molecule has 0 saturated carbocycles. The molecule has 0 fully saturated rings. The van der Waals surface area contributed by atoms with Gasteiger partial charge < -0.3 is 9.47 Å². The van der Waals surface area contributed by atoms with Crippen molar-refractivity contribution in [3.05, 3.63) is 12.3 Å². The minimum atomic E-state index is -0.681. The third-order valence-electron chi connectivity index (χ3n) is 0.663. The van der Waals surface area contributed by atoms with E-state index in [0.29, 0.717) is 0 Å². The fourth-order valence-electron chi connectivity index (χ4n) is 0.248. The third kappa shape index (κ3) is 4.87. The van der Waals surface area contributed by atoms with Gasteiger partial charge in [0.1, 0.15) is 0 Å². The Labute approximate surface area is 54.3 Å². The lowest BCUT2D eigenvalue weighted by Gasteiger charge is -1.92. The Bertz CT molecular complexity index is 107. The standard InChI is InChI=1S/C6H10O3/c1-3-4-5-9-6(7)8-2/h4-5H,3H2,1-2H3/b5-4+. The lowest BCUT2D eigenvalue weighted by atomic mass is 10.5. The molecular weight excluding hydrogens is 120 g/mol. The third-order valence-corrected chi connectivity index (χ3v) is 0.663. The van der Waals surface area contributed by atoms with Crippen LogP contribution in [0.3, 0.4) is 0 Å². The van der Waals surface area contributed by atoms with Crippen LogP contribution in [0.4, 0.5) is 4.79 Å². The Morgan fingerprint density at radius 2 is 2.33 bits per heavy atom. The summed E-state index contributed by atoms with van der Waals surface area (Å²) in [5.74, 6) is 0. The van der Waals surface area contributed by atoms with Gasteiger partial charge in [-0.25, -0.2) is 4.79 Å². The molecule has 0 radical (unpaired) electrons. The Kier molecular flexibility index (Phi) is 4.59. The van der Waals surface area contributed by atoms with E-state index < -0.39 is 6.16 Å². The highest BCUT2D eigenvalue weighted by Crippen LogP contribution is 1.85. The van der Waals surface area contributed by atoms with Gasteiger partial charge in [-0.15, -0.1) is 0 Å². The summed E-state index contributed by atoms with van der Waals surface area (Å²) < 4.78 is 8.57. The first-order valence-corrected chi connectivity index (χ1v) is 2.71. The molecule has 52 valence electrons. The van der Waals surface area contributed by atoms with Crippen molar-refractivity contribution in [2.24, 2.45) is 0 Å². The van der Waals surface area contributed by atoms with Crippen LogP contribution in [-0.4, -0.2) is 13.3 Å². The average Bonchev–Trinajstić information content (AvgIpc) is 1.89. The largest absolute Gasteiger partial charge is 0.512 e. The molecule has 0 aromatic rings. The van der Waals surface area contributed by atoms with E-state index in [-0.39, 0.29) is 0 Å². The Morgan fingerprint density at radius 1 is 1.67 bits per heavy atom. The normalized spacial score (nSPS) is 9.56. The summed E-state index contributed by atoms with van der Waals surface area (Å²) >= 11 is 0. The highest BCUT2D eigenvalue weighted by molar-refractivity contribution is 5.60. The van der Waals surface area contributed by atoms with Gasteiger partial charge in [0, 0.05) is 0 Å². The lowest BCUT2D eigenvalue weighted by molar-refractivity contribution is 0.105. The smallest absolute Gasteiger partial charge is 0.437 e. The van der Waals surface area contributed by atoms with Gasteiger partial charge in [0.05, 0.1) is 13.4 Å². The second kappa shape index (κ2) is 5.15. The molecule has 3 nitrogen and oxygen atoms in total. The maximum Gasteiger partial charge on any atom is 0.512 e. The molecule has 9 heavy (non-hydrogen) atoms. The molecule has 0 aromatic heterocycles.